The number of carbonyl (C=O) groups excluding carboxylic acids is 1. The number of aryl methyl sites for hydroxylation is 1. The van der Waals surface area contributed by atoms with Crippen LogP contribution in [0.4, 0.5) is 0 Å². The van der Waals surface area contributed by atoms with Gasteiger partial charge in [-0.2, -0.15) is 8.42 Å². The summed E-state index contributed by atoms with van der Waals surface area (Å²) in [5, 5.41) is 0. The largest absolute Gasteiger partial charge is 0.462 e. The van der Waals surface area contributed by atoms with E-state index in [1.807, 2.05) is 6.92 Å². The average molecular weight is 365 g/mol. The van der Waals surface area contributed by atoms with Gasteiger partial charge < -0.3 is 4.74 Å². The molecule has 25 heavy (non-hydrogen) atoms. The van der Waals surface area contributed by atoms with Crippen LogP contribution in [0.25, 0.3) is 0 Å². The van der Waals surface area contributed by atoms with Gasteiger partial charge in [-0.25, -0.2) is 4.79 Å². The molecule has 0 radical (unpaired) electrons. The highest BCUT2D eigenvalue weighted by atomic mass is 32.2. The van der Waals surface area contributed by atoms with E-state index in [9.17, 15) is 13.2 Å². The second-order valence-corrected chi connectivity index (χ2v) is 6.88. The third kappa shape index (κ3) is 7.45. The minimum absolute atomic E-state index is 0.190. The summed E-state index contributed by atoms with van der Waals surface area (Å²) in [6.45, 7) is 4.44. The highest BCUT2D eigenvalue weighted by molar-refractivity contribution is 7.86. The van der Waals surface area contributed by atoms with E-state index in [-0.39, 0.29) is 10.9 Å². The molecule has 2 rings (SSSR count). The molecule has 1 heterocycles. The lowest BCUT2D eigenvalue weighted by Crippen LogP contribution is -2.06. The molecule has 0 aliphatic heterocycles. The van der Waals surface area contributed by atoms with Gasteiger partial charge in [0.1, 0.15) is 0 Å². The fourth-order valence-corrected chi connectivity index (χ4v) is 2.34. The maximum Gasteiger partial charge on any atom is 0.339 e. The minimum atomic E-state index is -3.51. The Kier molecular flexibility index (Phi) is 8.80. The Bertz CT molecular complexity index is 743. The Labute approximate surface area is 148 Å². The van der Waals surface area contributed by atoms with Crippen LogP contribution in [0.1, 0.15) is 35.7 Å². The van der Waals surface area contributed by atoms with Gasteiger partial charge in [0.05, 0.1) is 24.2 Å². The molecule has 0 spiro atoms. The van der Waals surface area contributed by atoms with Gasteiger partial charge >= 0.3 is 5.97 Å². The van der Waals surface area contributed by atoms with Gasteiger partial charge in [-0.05, 0) is 37.6 Å². The summed E-state index contributed by atoms with van der Waals surface area (Å²) in [6.07, 6.45) is 5.07. The van der Waals surface area contributed by atoms with Gasteiger partial charge in [0.15, 0.2) is 0 Å². The van der Waals surface area contributed by atoms with Gasteiger partial charge in [-0.3, -0.25) is 9.17 Å². The number of benzene rings is 1. The number of hydrogen-bond donors (Lipinski definition) is 0. The van der Waals surface area contributed by atoms with Crippen molar-refractivity contribution < 1.29 is 22.1 Å². The van der Waals surface area contributed by atoms with E-state index in [4.69, 9.17) is 4.74 Å². The van der Waals surface area contributed by atoms with E-state index < -0.39 is 10.1 Å². The predicted octanol–water partition coefficient (Wildman–Crippen LogP) is 3.37. The van der Waals surface area contributed by atoms with Gasteiger partial charge in [0, 0.05) is 12.4 Å². The zero-order valence-electron chi connectivity index (χ0n) is 14.6. The SMILES string of the molecule is CCCCOC(=O)c1cccnc1.COS(=O)(=O)c1ccc(C)cc1. The first-order chi connectivity index (χ1) is 11.9. The Morgan fingerprint density at radius 1 is 1.16 bits per heavy atom. The van der Waals surface area contributed by atoms with E-state index in [0.29, 0.717) is 12.2 Å². The first-order valence-corrected chi connectivity index (χ1v) is 9.26. The van der Waals surface area contributed by atoms with E-state index in [0.717, 1.165) is 25.5 Å². The summed E-state index contributed by atoms with van der Waals surface area (Å²) in [7, 11) is -2.37. The first kappa shape index (κ1) is 20.8. The van der Waals surface area contributed by atoms with Crippen LogP contribution in [-0.4, -0.2) is 33.1 Å². The van der Waals surface area contributed by atoms with Gasteiger partial charge in [0.2, 0.25) is 0 Å². The zero-order chi connectivity index (χ0) is 18.7. The lowest BCUT2D eigenvalue weighted by Gasteiger charge is -2.02. The quantitative estimate of drug-likeness (QED) is 0.443. The third-order valence-corrected chi connectivity index (χ3v) is 4.45. The first-order valence-electron chi connectivity index (χ1n) is 7.85. The molecule has 0 saturated heterocycles. The summed E-state index contributed by atoms with van der Waals surface area (Å²) < 4.78 is 31.5. The minimum Gasteiger partial charge on any atom is -0.462 e. The number of aromatic nitrogens is 1. The summed E-state index contributed by atoms with van der Waals surface area (Å²) >= 11 is 0. The fraction of sp³-hybridized carbons (Fsp3) is 0.333. The normalized spacial score (nSPS) is 10.5. The molecule has 0 aliphatic rings. The maximum atomic E-state index is 11.3. The molecule has 0 fully saturated rings. The molecule has 0 aliphatic carbocycles. The Hall–Kier alpha value is -2.25. The highest BCUT2D eigenvalue weighted by Gasteiger charge is 2.11. The molecule has 0 unspecified atom stereocenters. The van der Waals surface area contributed by atoms with Gasteiger partial charge in [0.25, 0.3) is 10.1 Å². The van der Waals surface area contributed by atoms with Crippen LogP contribution in [0.2, 0.25) is 0 Å². The maximum absolute atomic E-state index is 11.3. The Morgan fingerprint density at radius 3 is 2.36 bits per heavy atom. The second kappa shape index (κ2) is 10.6. The average Bonchev–Trinajstić information content (AvgIpc) is 2.63. The molecule has 1 aromatic carbocycles. The number of pyridine rings is 1. The fourth-order valence-electron chi connectivity index (χ4n) is 1.68. The Balaban J connectivity index is 0.000000251. The molecule has 0 saturated carbocycles. The number of nitrogens with zero attached hydrogens (tertiary/aromatic N) is 1. The van der Waals surface area contributed by atoms with E-state index in [1.165, 1.54) is 18.3 Å². The standard InChI is InChI=1S/C10H13NO2.C8H10O3S/c1-2-3-7-13-10(12)9-5-4-6-11-8-9;1-7-3-5-8(6-4-7)12(9,10)11-2/h4-6,8H,2-3,7H2,1H3;3-6H,1-2H3. The molecular weight excluding hydrogens is 342 g/mol. The summed E-state index contributed by atoms with van der Waals surface area (Å²) in [5.41, 5.74) is 1.53. The molecule has 0 amide bonds. The molecule has 0 N–H and O–H groups in total. The van der Waals surface area contributed by atoms with E-state index >= 15 is 0 Å². The topological polar surface area (TPSA) is 82.6 Å². The molecular formula is C18H23NO5S. The van der Waals surface area contributed by atoms with Crippen molar-refractivity contribution in [1.29, 1.82) is 0 Å². The van der Waals surface area contributed by atoms with Gasteiger partial charge in [-0.15, -0.1) is 0 Å². The van der Waals surface area contributed by atoms with Crippen molar-refractivity contribution in [1.82, 2.24) is 4.98 Å². The monoisotopic (exact) mass is 365 g/mol. The number of hydrogen-bond acceptors (Lipinski definition) is 6. The van der Waals surface area contributed by atoms with Crippen molar-refractivity contribution >= 4 is 16.1 Å². The van der Waals surface area contributed by atoms with Crippen molar-refractivity contribution in [2.24, 2.45) is 0 Å². The van der Waals surface area contributed by atoms with Crippen molar-refractivity contribution in [2.75, 3.05) is 13.7 Å². The number of unbranched alkanes of at least 4 members (excludes halogenated alkanes) is 1. The molecule has 2 aromatic rings. The summed E-state index contributed by atoms with van der Waals surface area (Å²) in [5.74, 6) is -0.290. The van der Waals surface area contributed by atoms with Crippen LogP contribution < -0.4 is 0 Å². The molecule has 7 heteroatoms. The van der Waals surface area contributed by atoms with Crippen molar-refractivity contribution in [2.45, 2.75) is 31.6 Å². The second-order valence-electron chi connectivity index (χ2n) is 5.17. The predicted molar refractivity (Wildman–Crippen MR) is 94.8 cm³/mol. The lowest BCUT2D eigenvalue weighted by molar-refractivity contribution is 0.0499. The third-order valence-electron chi connectivity index (χ3n) is 3.16. The smallest absolute Gasteiger partial charge is 0.339 e. The van der Waals surface area contributed by atoms with Crippen LogP contribution in [-0.2, 0) is 19.0 Å². The van der Waals surface area contributed by atoms with Crippen LogP contribution in [0, 0.1) is 6.92 Å². The highest BCUT2D eigenvalue weighted by Crippen LogP contribution is 2.11. The lowest BCUT2D eigenvalue weighted by atomic mass is 10.2. The molecule has 136 valence electrons. The van der Waals surface area contributed by atoms with Crippen molar-refractivity contribution in [3.8, 4) is 0 Å². The number of ether oxygens (including phenoxy) is 1. The molecule has 0 atom stereocenters. The summed E-state index contributed by atoms with van der Waals surface area (Å²) in [4.78, 5) is 15.3. The molecule has 1 aromatic heterocycles. The Morgan fingerprint density at radius 2 is 1.84 bits per heavy atom. The molecule has 6 nitrogen and oxygen atoms in total. The zero-order valence-corrected chi connectivity index (χ0v) is 15.5. The number of rotatable bonds is 6. The van der Waals surface area contributed by atoms with Crippen molar-refractivity contribution in [3.63, 3.8) is 0 Å². The summed E-state index contributed by atoms with van der Waals surface area (Å²) in [6, 6.07) is 9.91. The van der Waals surface area contributed by atoms with Crippen LogP contribution in [0.5, 0.6) is 0 Å². The van der Waals surface area contributed by atoms with E-state index in [1.54, 1.807) is 30.5 Å². The molecule has 0 bridgehead atoms. The number of esters is 1. The van der Waals surface area contributed by atoms with Crippen molar-refractivity contribution in [3.05, 3.63) is 59.9 Å². The van der Waals surface area contributed by atoms with Crippen LogP contribution >= 0.6 is 0 Å². The van der Waals surface area contributed by atoms with Crippen LogP contribution in [0.3, 0.4) is 0 Å². The van der Waals surface area contributed by atoms with Gasteiger partial charge in [-0.1, -0.05) is 31.0 Å². The number of carbonyl (C=O) groups is 1. The van der Waals surface area contributed by atoms with Crippen LogP contribution in [0.15, 0.2) is 53.7 Å². The van der Waals surface area contributed by atoms with E-state index in [2.05, 4.69) is 16.1 Å².